The number of fused-ring (bicyclic) bond motifs is 6. The van der Waals surface area contributed by atoms with Crippen LogP contribution in [0.4, 0.5) is 0 Å². The molecule has 6 nitrogen and oxygen atoms in total. The summed E-state index contributed by atoms with van der Waals surface area (Å²) in [6, 6.07) is 57.6. The zero-order valence-corrected chi connectivity index (χ0v) is 27.7. The standard InChI is InChI=1S/C46H27N5O/c47-28-29-10-8-13-33(26-29)46-49-44(30-11-2-1-3-12-30)48-45(50-46)31-20-23-34(24-21-31)51-40-18-6-4-14-36(40)37-25-22-32(27-41(37)51)35-16-9-17-39-38-15-5-7-19-42(38)52-43(35)39/h1-27H. The molecule has 0 amide bonds. The van der Waals surface area contributed by atoms with Gasteiger partial charge in [0.15, 0.2) is 17.5 Å². The molecule has 3 heterocycles. The Kier molecular flexibility index (Phi) is 6.76. The van der Waals surface area contributed by atoms with Crippen LogP contribution in [0.5, 0.6) is 0 Å². The highest BCUT2D eigenvalue weighted by atomic mass is 16.3. The van der Waals surface area contributed by atoms with Crippen molar-refractivity contribution >= 4 is 43.7 Å². The molecule has 0 spiro atoms. The van der Waals surface area contributed by atoms with Crippen LogP contribution >= 0.6 is 0 Å². The Hall–Kier alpha value is -7.36. The van der Waals surface area contributed by atoms with Crippen LogP contribution in [0.1, 0.15) is 5.56 Å². The van der Waals surface area contributed by atoms with Crippen molar-refractivity contribution in [2.75, 3.05) is 0 Å². The third-order valence-electron chi connectivity index (χ3n) is 9.69. The fraction of sp³-hybridized carbons (Fsp3) is 0. The molecule has 0 saturated carbocycles. The third-order valence-corrected chi connectivity index (χ3v) is 9.69. The first-order valence-electron chi connectivity index (χ1n) is 17.1. The van der Waals surface area contributed by atoms with Crippen molar-refractivity contribution in [1.29, 1.82) is 5.26 Å². The van der Waals surface area contributed by atoms with Gasteiger partial charge in [0.1, 0.15) is 11.2 Å². The second kappa shape index (κ2) is 11.9. The largest absolute Gasteiger partial charge is 0.455 e. The second-order valence-corrected chi connectivity index (χ2v) is 12.8. The van der Waals surface area contributed by atoms with E-state index in [1.165, 1.54) is 10.8 Å². The monoisotopic (exact) mass is 665 g/mol. The van der Waals surface area contributed by atoms with E-state index in [2.05, 4.69) is 108 Å². The molecule has 0 aliphatic heterocycles. The van der Waals surface area contributed by atoms with Crippen LogP contribution < -0.4 is 0 Å². The van der Waals surface area contributed by atoms with Gasteiger partial charge in [-0.05, 0) is 60.2 Å². The molecular weight excluding hydrogens is 639 g/mol. The summed E-state index contributed by atoms with van der Waals surface area (Å²) in [5.74, 6) is 1.64. The molecule has 0 radical (unpaired) electrons. The highest BCUT2D eigenvalue weighted by Gasteiger charge is 2.17. The SMILES string of the molecule is N#Cc1cccc(-c2nc(-c3ccccc3)nc(-c3ccc(-n4c5ccccc5c5ccc(-c6cccc7c6oc6ccccc67)cc54)cc3)n2)c1. The van der Waals surface area contributed by atoms with Crippen LogP contribution in [0.2, 0.25) is 0 Å². The molecule has 3 aromatic heterocycles. The maximum atomic E-state index is 9.54. The van der Waals surface area contributed by atoms with Crippen LogP contribution in [0.25, 0.3) is 94.7 Å². The molecule has 6 heteroatoms. The summed E-state index contributed by atoms with van der Waals surface area (Å²) >= 11 is 0. The molecule has 52 heavy (non-hydrogen) atoms. The quantitative estimate of drug-likeness (QED) is 0.183. The topological polar surface area (TPSA) is 80.5 Å². The maximum Gasteiger partial charge on any atom is 0.164 e. The van der Waals surface area contributed by atoms with Crippen molar-refractivity contribution in [1.82, 2.24) is 19.5 Å². The van der Waals surface area contributed by atoms with Gasteiger partial charge >= 0.3 is 0 Å². The molecule has 7 aromatic carbocycles. The lowest BCUT2D eigenvalue weighted by atomic mass is 10.0. The van der Waals surface area contributed by atoms with Gasteiger partial charge in [0.25, 0.3) is 0 Å². The lowest BCUT2D eigenvalue weighted by Gasteiger charge is -2.11. The van der Waals surface area contributed by atoms with E-state index in [1.54, 1.807) is 6.07 Å². The number of rotatable bonds is 5. The number of nitriles is 1. The van der Waals surface area contributed by atoms with E-state index < -0.39 is 0 Å². The number of benzene rings is 7. The Morgan fingerprint density at radius 3 is 1.88 bits per heavy atom. The van der Waals surface area contributed by atoms with E-state index in [4.69, 9.17) is 19.4 Å². The van der Waals surface area contributed by atoms with Crippen LogP contribution in [0, 0.1) is 11.3 Å². The van der Waals surface area contributed by atoms with Gasteiger partial charge in [-0.25, -0.2) is 15.0 Å². The molecule has 0 aliphatic rings. The molecule has 0 atom stereocenters. The first-order valence-corrected chi connectivity index (χ1v) is 17.1. The van der Waals surface area contributed by atoms with Crippen LogP contribution in [0.15, 0.2) is 168 Å². The molecule has 0 saturated heterocycles. The third kappa shape index (κ3) is 4.84. The molecule has 0 unspecified atom stereocenters. The Morgan fingerprint density at radius 1 is 0.462 bits per heavy atom. The number of hydrogen-bond donors (Lipinski definition) is 0. The maximum absolute atomic E-state index is 9.54. The first kappa shape index (κ1) is 29.5. The average Bonchev–Trinajstić information content (AvgIpc) is 3.77. The van der Waals surface area contributed by atoms with Gasteiger partial charge in [-0.2, -0.15) is 5.26 Å². The van der Waals surface area contributed by atoms with Gasteiger partial charge in [-0.1, -0.05) is 109 Å². The van der Waals surface area contributed by atoms with Crippen molar-refractivity contribution in [3.05, 3.63) is 169 Å². The Morgan fingerprint density at radius 2 is 1.08 bits per heavy atom. The van der Waals surface area contributed by atoms with Gasteiger partial charge in [0.05, 0.1) is 22.7 Å². The summed E-state index contributed by atoms with van der Waals surface area (Å²) in [6.07, 6.45) is 0. The Bertz CT molecular complexity index is 3020. The second-order valence-electron chi connectivity index (χ2n) is 12.8. The predicted molar refractivity (Wildman–Crippen MR) is 208 cm³/mol. The van der Waals surface area contributed by atoms with Crippen molar-refractivity contribution in [2.45, 2.75) is 0 Å². The van der Waals surface area contributed by atoms with Crippen molar-refractivity contribution in [3.8, 4) is 57.0 Å². The van der Waals surface area contributed by atoms with E-state index in [1.807, 2.05) is 60.7 Å². The molecule has 0 bridgehead atoms. The van der Waals surface area contributed by atoms with Crippen molar-refractivity contribution < 1.29 is 4.42 Å². The summed E-state index contributed by atoms with van der Waals surface area (Å²) in [6.45, 7) is 0. The molecule has 242 valence electrons. The van der Waals surface area contributed by atoms with Gasteiger partial charge < -0.3 is 8.98 Å². The Balaban J connectivity index is 1.11. The Labute approximate surface area is 298 Å². The molecule has 10 rings (SSSR count). The smallest absolute Gasteiger partial charge is 0.164 e. The molecule has 0 aliphatic carbocycles. The van der Waals surface area contributed by atoms with E-state index >= 15 is 0 Å². The minimum atomic E-state index is 0.513. The van der Waals surface area contributed by atoms with E-state index in [0.29, 0.717) is 23.0 Å². The number of hydrogen-bond acceptors (Lipinski definition) is 5. The number of furan rings is 1. The fourth-order valence-corrected chi connectivity index (χ4v) is 7.23. The normalized spacial score (nSPS) is 11.4. The van der Waals surface area contributed by atoms with E-state index in [-0.39, 0.29) is 0 Å². The molecular formula is C46H27N5O. The van der Waals surface area contributed by atoms with Crippen LogP contribution in [-0.4, -0.2) is 19.5 Å². The van der Waals surface area contributed by atoms with Gasteiger partial charge in [-0.15, -0.1) is 0 Å². The molecule has 0 N–H and O–H groups in total. The van der Waals surface area contributed by atoms with Crippen molar-refractivity contribution in [2.24, 2.45) is 0 Å². The summed E-state index contributed by atoms with van der Waals surface area (Å²) in [5.41, 5.74) is 10.2. The van der Waals surface area contributed by atoms with E-state index in [9.17, 15) is 5.26 Å². The van der Waals surface area contributed by atoms with Gasteiger partial charge in [0.2, 0.25) is 0 Å². The lowest BCUT2D eigenvalue weighted by molar-refractivity contribution is 0.670. The molecule has 10 aromatic rings. The minimum absolute atomic E-state index is 0.513. The first-order chi connectivity index (χ1) is 25.7. The number of aromatic nitrogens is 4. The summed E-state index contributed by atoms with van der Waals surface area (Å²) < 4.78 is 8.74. The summed E-state index contributed by atoms with van der Waals surface area (Å²) in [5, 5.41) is 14.1. The molecule has 0 fully saturated rings. The van der Waals surface area contributed by atoms with E-state index in [0.717, 1.165) is 66.5 Å². The zero-order valence-electron chi connectivity index (χ0n) is 27.7. The van der Waals surface area contributed by atoms with Crippen LogP contribution in [0.3, 0.4) is 0 Å². The zero-order chi connectivity index (χ0) is 34.6. The highest BCUT2D eigenvalue weighted by Crippen LogP contribution is 2.39. The summed E-state index contributed by atoms with van der Waals surface area (Å²) in [7, 11) is 0. The number of nitrogens with zero attached hydrogens (tertiary/aromatic N) is 5. The lowest BCUT2D eigenvalue weighted by Crippen LogP contribution is -2.00. The predicted octanol–water partition coefficient (Wildman–Crippen LogP) is 11.4. The van der Waals surface area contributed by atoms with Gasteiger partial charge in [0, 0.05) is 49.5 Å². The fourth-order valence-electron chi connectivity index (χ4n) is 7.23. The van der Waals surface area contributed by atoms with Gasteiger partial charge in [-0.3, -0.25) is 0 Å². The van der Waals surface area contributed by atoms with Crippen LogP contribution in [-0.2, 0) is 0 Å². The highest BCUT2D eigenvalue weighted by molar-refractivity contribution is 6.12. The average molecular weight is 666 g/mol. The summed E-state index contributed by atoms with van der Waals surface area (Å²) in [4.78, 5) is 14.6. The number of para-hydroxylation sites is 3. The van der Waals surface area contributed by atoms with Crippen molar-refractivity contribution in [3.63, 3.8) is 0 Å². The minimum Gasteiger partial charge on any atom is -0.455 e.